The van der Waals surface area contributed by atoms with Crippen LogP contribution in [-0.2, 0) is 16.4 Å². The summed E-state index contributed by atoms with van der Waals surface area (Å²) in [5, 5.41) is -0.195. The summed E-state index contributed by atoms with van der Waals surface area (Å²) in [5.74, 6) is 0.285. The van der Waals surface area contributed by atoms with Crippen LogP contribution in [0.4, 0.5) is 0 Å². The molecule has 1 fully saturated rings. The third-order valence-electron chi connectivity index (χ3n) is 3.02. The lowest BCUT2D eigenvalue weighted by Gasteiger charge is -2.17. The van der Waals surface area contributed by atoms with Crippen molar-refractivity contribution in [1.82, 2.24) is 9.88 Å². The molecule has 1 aliphatic rings. The highest BCUT2D eigenvalue weighted by molar-refractivity contribution is 7.92. The number of nitrogens with zero attached hydrogens (tertiary/aromatic N) is 2. The van der Waals surface area contributed by atoms with E-state index in [9.17, 15) is 8.42 Å². The van der Waals surface area contributed by atoms with Gasteiger partial charge in [0, 0.05) is 24.2 Å². The van der Waals surface area contributed by atoms with Gasteiger partial charge in [-0.15, -0.1) is 11.3 Å². The van der Waals surface area contributed by atoms with E-state index in [2.05, 4.69) is 9.88 Å². The molecule has 1 unspecified atom stereocenters. The van der Waals surface area contributed by atoms with Gasteiger partial charge in [0.1, 0.15) is 0 Å². The monoisotopic (exact) mass is 260 g/mol. The Morgan fingerprint density at radius 1 is 1.56 bits per heavy atom. The van der Waals surface area contributed by atoms with Crippen molar-refractivity contribution in [2.24, 2.45) is 0 Å². The maximum Gasteiger partial charge on any atom is 0.154 e. The zero-order valence-corrected chi connectivity index (χ0v) is 10.9. The first-order valence-electron chi connectivity index (χ1n) is 5.39. The molecule has 0 aromatic carbocycles. The Morgan fingerprint density at radius 3 is 3.06 bits per heavy atom. The van der Waals surface area contributed by atoms with Crippen LogP contribution < -0.4 is 0 Å². The summed E-state index contributed by atoms with van der Waals surface area (Å²) in [5.41, 5.74) is 1.81. The van der Waals surface area contributed by atoms with Gasteiger partial charge in [0.25, 0.3) is 0 Å². The Balaban J connectivity index is 1.99. The molecule has 1 aromatic rings. The largest absolute Gasteiger partial charge is 0.297 e. The van der Waals surface area contributed by atoms with Crippen LogP contribution >= 0.6 is 11.3 Å². The van der Waals surface area contributed by atoms with Gasteiger partial charge >= 0.3 is 0 Å². The summed E-state index contributed by atoms with van der Waals surface area (Å²) in [6.07, 6.45) is 2.59. The van der Waals surface area contributed by atoms with E-state index in [-0.39, 0.29) is 11.0 Å². The standard InChI is InChI=1S/C10H16N2O2S2/c1-9-2-3-12(4-5-16(9,13)14)7-10-6-11-8-15-10/h6,8-9H,2-5,7H2,1H3. The minimum atomic E-state index is -2.86. The van der Waals surface area contributed by atoms with Gasteiger partial charge in [0.15, 0.2) is 9.84 Å². The fraction of sp³-hybridized carbons (Fsp3) is 0.700. The third kappa shape index (κ3) is 2.81. The van der Waals surface area contributed by atoms with Crippen LogP contribution in [0.1, 0.15) is 18.2 Å². The molecule has 90 valence electrons. The molecule has 1 aliphatic heterocycles. The van der Waals surface area contributed by atoms with E-state index in [1.165, 1.54) is 4.88 Å². The smallest absolute Gasteiger partial charge is 0.154 e. The highest BCUT2D eigenvalue weighted by Crippen LogP contribution is 2.16. The zero-order valence-electron chi connectivity index (χ0n) is 9.30. The second kappa shape index (κ2) is 4.81. The molecule has 0 bridgehead atoms. The predicted octanol–water partition coefficient (Wildman–Crippen LogP) is 1.15. The third-order valence-corrected chi connectivity index (χ3v) is 6.00. The van der Waals surface area contributed by atoms with Crippen LogP contribution in [0.5, 0.6) is 0 Å². The van der Waals surface area contributed by atoms with Crippen LogP contribution in [0.25, 0.3) is 0 Å². The molecule has 1 saturated heterocycles. The maximum absolute atomic E-state index is 11.7. The predicted molar refractivity (Wildman–Crippen MR) is 65.3 cm³/mol. The highest BCUT2D eigenvalue weighted by Gasteiger charge is 2.26. The van der Waals surface area contributed by atoms with Gasteiger partial charge in [-0.05, 0) is 19.9 Å². The van der Waals surface area contributed by atoms with Crippen molar-refractivity contribution in [3.05, 3.63) is 16.6 Å². The maximum atomic E-state index is 11.7. The lowest BCUT2D eigenvalue weighted by molar-refractivity contribution is 0.286. The second-order valence-electron chi connectivity index (χ2n) is 4.21. The second-order valence-corrected chi connectivity index (χ2v) is 7.72. The van der Waals surface area contributed by atoms with Gasteiger partial charge in [-0.1, -0.05) is 0 Å². The van der Waals surface area contributed by atoms with Crippen molar-refractivity contribution in [2.45, 2.75) is 25.1 Å². The van der Waals surface area contributed by atoms with Gasteiger partial charge in [-0.3, -0.25) is 9.88 Å². The number of hydrogen-bond donors (Lipinski definition) is 0. The quantitative estimate of drug-likeness (QED) is 0.800. The number of aromatic nitrogens is 1. The van der Waals surface area contributed by atoms with Crippen molar-refractivity contribution in [3.63, 3.8) is 0 Å². The summed E-state index contributed by atoms with van der Waals surface area (Å²) in [6, 6.07) is 0. The molecule has 1 aromatic heterocycles. The number of thiazole rings is 1. The molecular formula is C10H16N2O2S2. The first-order chi connectivity index (χ1) is 7.58. The first kappa shape index (κ1) is 12.0. The summed E-state index contributed by atoms with van der Waals surface area (Å²) in [6.45, 7) is 4.14. The summed E-state index contributed by atoms with van der Waals surface area (Å²) < 4.78 is 23.4. The lowest BCUT2D eigenvalue weighted by atomic mass is 10.3. The van der Waals surface area contributed by atoms with Gasteiger partial charge in [-0.25, -0.2) is 8.42 Å². The van der Waals surface area contributed by atoms with Gasteiger partial charge in [0.2, 0.25) is 0 Å². The Labute approximate surface area is 100 Å². The molecule has 0 spiro atoms. The fourth-order valence-electron chi connectivity index (χ4n) is 1.81. The number of sulfone groups is 1. The number of hydrogen-bond acceptors (Lipinski definition) is 5. The van der Waals surface area contributed by atoms with E-state index in [0.29, 0.717) is 6.54 Å². The van der Waals surface area contributed by atoms with Gasteiger partial charge in [0.05, 0.1) is 16.5 Å². The van der Waals surface area contributed by atoms with Crippen LogP contribution in [0.15, 0.2) is 11.7 Å². The molecule has 0 aliphatic carbocycles. The van der Waals surface area contributed by atoms with Crippen molar-refractivity contribution in [1.29, 1.82) is 0 Å². The SMILES string of the molecule is CC1CCN(Cc2cncs2)CCS1(=O)=O. The molecule has 6 heteroatoms. The Bertz CT molecular complexity index is 428. The van der Waals surface area contributed by atoms with Crippen LogP contribution in [0, 0.1) is 0 Å². The van der Waals surface area contributed by atoms with Crippen molar-refractivity contribution < 1.29 is 8.42 Å². The molecule has 0 radical (unpaired) electrons. The summed E-state index contributed by atoms with van der Waals surface area (Å²) >= 11 is 1.62. The topological polar surface area (TPSA) is 50.3 Å². The molecule has 0 amide bonds. The van der Waals surface area contributed by atoms with Crippen molar-refractivity contribution in [2.75, 3.05) is 18.8 Å². The van der Waals surface area contributed by atoms with E-state index in [0.717, 1.165) is 19.5 Å². The van der Waals surface area contributed by atoms with E-state index < -0.39 is 9.84 Å². The molecule has 4 nitrogen and oxygen atoms in total. The van der Waals surface area contributed by atoms with Gasteiger partial charge in [-0.2, -0.15) is 0 Å². The molecule has 16 heavy (non-hydrogen) atoms. The molecular weight excluding hydrogens is 244 g/mol. The van der Waals surface area contributed by atoms with Crippen LogP contribution in [0.2, 0.25) is 0 Å². The first-order valence-corrected chi connectivity index (χ1v) is 7.99. The summed E-state index contributed by atoms with van der Waals surface area (Å²) in [7, 11) is -2.86. The van der Waals surface area contributed by atoms with E-state index in [1.807, 2.05) is 18.6 Å². The van der Waals surface area contributed by atoms with Crippen molar-refractivity contribution in [3.8, 4) is 0 Å². The van der Waals surface area contributed by atoms with E-state index >= 15 is 0 Å². The van der Waals surface area contributed by atoms with Gasteiger partial charge < -0.3 is 0 Å². The Morgan fingerprint density at radius 2 is 2.38 bits per heavy atom. The normalized spacial score (nSPS) is 26.4. The minimum absolute atomic E-state index is 0.195. The molecule has 0 N–H and O–H groups in total. The minimum Gasteiger partial charge on any atom is -0.297 e. The fourth-order valence-corrected chi connectivity index (χ4v) is 3.83. The molecule has 2 rings (SSSR count). The molecule has 2 heterocycles. The molecule has 1 atom stereocenters. The summed E-state index contributed by atoms with van der Waals surface area (Å²) in [4.78, 5) is 7.43. The Kier molecular flexibility index (Phi) is 3.61. The van der Waals surface area contributed by atoms with E-state index in [1.54, 1.807) is 11.3 Å². The zero-order chi connectivity index (χ0) is 11.6. The number of rotatable bonds is 2. The average molecular weight is 260 g/mol. The van der Waals surface area contributed by atoms with Crippen LogP contribution in [0.3, 0.4) is 0 Å². The highest BCUT2D eigenvalue weighted by atomic mass is 32.2. The van der Waals surface area contributed by atoms with Crippen molar-refractivity contribution >= 4 is 21.2 Å². The lowest BCUT2D eigenvalue weighted by Crippen LogP contribution is -2.26. The Hall–Kier alpha value is -0.460. The van der Waals surface area contributed by atoms with Crippen LogP contribution in [-0.4, -0.2) is 42.4 Å². The van der Waals surface area contributed by atoms with E-state index in [4.69, 9.17) is 0 Å². The average Bonchev–Trinajstić information content (AvgIpc) is 2.70. The molecule has 0 saturated carbocycles.